The van der Waals surface area contributed by atoms with Crippen molar-refractivity contribution in [3.8, 4) is 22.6 Å². The average Bonchev–Trinajstić information content (AvgIpc) is 3.29. The Balaban J connectivity index is 1.32. The van der Waals surface area contributed by atoms with Crippen molar-refractivity contribution in [2.45, 2.75) is 6.18 Å². The maximum Gasteiger partial charge on any atom is 0.416 e. The number of carbonyl (C=O) groups excluding carboxylic acids is 1. The molecule has 4 aromatic carbocycles. The Bertz CT molecular complexity index is 1610. The normalized spacial score (nSPS) is 14.2. The largest absolute Gasteiger partial charge is 0.450 e. The van der Waals surface area contributed by atoms with Gasteiger partial charge < -0.3 is 9.47 Å². The maximum absolute atomic E-state index is 12.9. The van der Waals surface area contributed by atoms with Crippen molar-refractivity contribution >= 4 is 23.6 Å². The maximum atomic E-state index is 12.9. The van der Waals surface area contributed by atoms with Crippen LogP contribution in [0.2, 0.25) is 0 Å². The summed E-state index contributed by atoms with van der Waals surface area (Å²) < 4.78 is 49.5. The fraction of sp³-hybridized carbons (Fsp3) is 0.0345. The van der Waals surface area contributed by atoms with E-state index in [9.17, 15) is 28.1 Å². The minimum atomic E-state index is -4.73. The minimum absolute atomic E-state index is 0.0733. The summed E-state index contributed by atoms with van der Waals surface area (Å²) in [7, 11) is 0. The molecule has 0 aromatic heterocycles. The lowest BCUT2D eigenvalue weighted by Gasteiger charge is -2.10. The second-order valence-electron chi connectivity index (χ2n) is 8.39. The zero-order chi connectivity index (χ0) is 27.6. The third kappa shape index (κ3) is 5.69. The van der Waals surface area contributed by atoms with Gasteiger partial charge in [0.25, 0.3) is 0 Å². The van der Waals surface area contributed by atoms with Crippen LogP contribution in [0, 0.1) is 10.1 Å². The van der Waals surface area contributed by atoms with Crippen LogP contribution < -0.4 is 4.74 Å². The molecule has 0 atom stereocenters. The first kappa shape index (κ1) is 25.4. The molecule has 5 rings (SSSR count). The third-order valence-electron chi connectivity index (χ3n) is 5.75. The number of rotatable bonds is 6. The Morgan fingerprint density at radius 2 is 1.49 bits per heavy atom. The van der Waals surface area contributed by atoms with E-state index in [0.717, 1.165) is 17.2 Å². The Kier molecular flexibility index (Phi) is 6.68. The number of halogens is 3. The van der Waals surface area contributed by atoms with E-state index in [0.29, 0.717) is 23.3 Å². The van der Waals surface area contributed by atoms with Gasteiger partial charge in [0.05, 0.1) is 10.5 Å². The molecule has 0 bridgehead atoms. The van der Waals surface area contributed by atoms with Crippen LogP contribution in [0.1, 0.15) is 16.7 Å². The van der Waals surface area contributed by atoms with E-state index in [1.165, 1.54) is 18.2 Å². The molecule has 0 radical (unpaired) electrons. The summed E-state index contributed by atoms with van der Waals surface area (Å²) in [4.78, 5) is 27.0. The van der Waals surface area contributed by atoms with Gasteiger partial charge in [-0.2, -0.15) is 13.2 Å². The lowest BCUT2D eigenvalue weighted by atomic mass is 10.0. The molecule has 0 N–H and O–H groups in total. The van der Waals surface area contributed by atoms with E-state index in [1.807, 2.05) is 54.6 Å². The molecule has 7 nitrogen and oxygen atoms in total. The topological polar surface area (TPSA) is 91.0 Å². The summed E-state index contributed by atoms with van der Waals surface area (Å²) in [6.07, 6.45) is -3.23. The Hall–Kier alpha value is -5.25. The van der Waals surface area contributed by atoms with Crippen LogP contribution in [0.25, 0.3) is 17.2 Å². The summed E-state index contributed by atoms with van der Waals surface area (Å²) in [5.74, 6) is -0.652. The van der Waals surface area contributed by atoms with Crippen LogP contribution in [-0.2, 0) is 15.7 Å². The summed E-state index contributed by atoms with van der Waals surface area (Å²) in [5, 5.41) is 11.3. The first-order valence-electron chi connectivity index (χ1n) is 11.5. The number of aliphatic imine (C=N–C) groups is 1. The number of hydrogen-bond acceptors (Lipinski definition) is 6. The highest BCUT2D eigenvalue weighted by molar-refractivity contribution is 6.13. The van der Waals surface area contributed by atoms with Gasteiger partial charge in [0, 0.05) is 11.6 Å². The van der Waals surface area contributed by atoms with Gasteiger partial charge in [-0.15, -0.1) is 0 Å². The molecule has 0 saturated heterocycles. The minimum Gasteiger partial charge on any atom is -0.450 e. The fourth-order valence-corrected chi connectivity index (χ4v) is 3.81. The van der Waals surface area contributed by atoms with Crippen LogP contribution in [0.4, 0.5) is 18.9 Å². The van der Waals surface area contributed by atoms with E-state index in [2.05, 4.69) is 4.99 Å². The Labute approximate surface area is 219 Å². The fourth-order valence-electron chi connectivity index (χ4n) is 3.81. The predicted molar refractivity (Wildman–Crippen MR) is 137 cm³/mol. The lowest BCUT2D eigenvalue weighted by Crippen LogP contribution is -2.06. The monoisotopic (exact) mass is 530 g/mol. The number of esters is 1. The van der Waals surface area contributed by atoms with E-state index in [-0.39, 0.29) is 23.1 Å². The quantitative estimate of drug-likeness (QED) is 0.112. The predicted octanol–water partition coefficient (Wildman–Crippen LogP) is 7.42. The van der Waals surface area contributed by atoms with Gasteiger partial charge in [-0.25, -0.2) is 9.79 Å². The van der Waals surface area contributed by atoms with Crippen LogP contribution >= 0.6 is 0 Å². The first-order chi connectivity index (χ1) is 18.7. The zero-order valence-electron chi connectivity index (χ0n) is 19.9. The third-order valence-corrected chi connectivity index (χ3v) is 5.75. The highest BCUT2D eigenvalue weighted by atomic mass is 19.4. The molecule has 0 amide bonds. The Morgan fingerprint density at radius 3 is 2.13 bits per heavy atom. The van der Waals surface area contributed by atoms with Gasteiger partial charge >= 0.3 is 17.8 Å². The molecule has 0 unspecified atom stereocenters. The number of cyclic esters (lactones) is 1. The van der Waals surface area contributed by atoms with Gasteiger partial charge in [0.2, 0.25) is 11.6 Å². The van der Waals surface area contributed by atoms with Crippen molar-refractivity contribution in [1.82, 2.24) is 0 Å². The van der Waals surface area contributed by atoms with Gasteiger partial charge in [-0.05, 0) is 59.2 Å². The van der Waals surface area contributed by atoms with Crippen molar-refractivity contribution < 1.29 is 32.4 Å². The first-order valence-corrected chi connectivity index (χ1v) is 11.5. The van der Waals surface area contributed by atoms with Crippen molar-refractivity contribution in [3.05, 3.63) is 130 Å². The van der Waals surface area contributed by atoms with Crippen LogP contribution in [-0.4, -0.2) is 16.8 Å². The SMILES string of the molecule is O=C1OC(c2ccc(-c3ccccc3)cc2)=N/C1=C\c1ccc(Oc2ccc(C(F)(F)F)cc2[N+](=O)[O-])cc1. The summed E-state index contributed by atoms with van der Waals surface area (Å²) in [6.45, 7) is 0. The summed E-state index contributed by atoms with van der Waals surface area (Å²) >= 11 is 0. The van der Waals surface area contributed by atoms with Crippen LogP contribution in [0.5, 0.6) is 11.5 Å². The number of nitro groups is 1. The number of alkyl halides is 3. The molecule has 0 aliphatic carbocycles. The molecule has 0 spiro atoms. The van der Waals surface area contributed by atoms with Gasteiger partial charge in [0.1, 0.15) is 5.75 Å². The second-order valence-corrected chi connectivity index (χ2v) is 8.39. The van der Waals surface area contributed by atoms with Gasteiger partial charge in [0.15, 0.2) is 5.70 Å². The molecule has 1 heterocycles. The smallest absolute Gasteiger partial charge is 0.416 e. The zero-order valence-corrected chi connectivity index (χ0v) is 19.9. The summed E-state index contributed by atoms with van der Waals surface area (Å²) in [6, 6.07) is 25.3. The van der Waals surface area contributed by atoms with E-state index < -0.39 is 28.3 Å². The Morgan fingerprint density at radius 1 is 0.846 bits per heavy atom. The molecule has 4 aromatic rings. The average molecular weight is 530 g/mol. The van der Waals surface area contributed by atoms with Gasteiger partial charge in [-0.3, -0.25) is 10.1 Å². The molecular weight excluding hydrogens is 513 g/mol. The number of ether oxygens (including phenoxy) is 2. The number of nitrogens with zero attached hydrogens (tertiary/aromatic N) is 2. The molecule has 194 valence electrons. The number of benzene rings is 4. The van der Waals surface area contributed by atoms with E-state index in [1.54, 1.807) is 12.1 Å². The number of hydrogen-bond donors (Lipinski definition) is 0. The molecule has 1 aliphatic heterocycles. The second kappa shape index (κ2) is 10.3. The van der Waals surface area contributed by atoms with Gasteiger partial charge in [-0.1, -0.05) is 54.6 Å². The van der Waals surface area contributed by atoms with E-state index in [4.69, 9.17) is 9.47 Å². The summed E-state index contributed by atoms with van der Waals surface area (Å²) in [5.41, 5.74) is 1.35. The van der Waals surface area contributed by atoms with Crippen molar-refractivity contribution in [2.75, 3.05) is 0 Å². The van der Waals surface area contributed by atoms with Crippen LogP contribution in [0.3, 0.4) is 0 Å². The standard InChI is InChI=1S/C29H17F3N2O5/c30-29(31,32)22-12-15-26(25(17-22)34(36)37)38-23-13-6-18(7-14-23)16-24-28(35)39-27(33-24)21-10-8-20(9-11-21)19-4-2-1-3-5-19/h1-17H/b24-16-. The molecule has 39 heavy (non-hydrogen) atoms. The molecule has 0 saturated carbocycles. The molecule has 1 aliphatic rings. The van der Waals surface area contributed by atoms with E-state index >= 15 is 0 Å². The van der Waals surface area contributed by atoms with Crippen molar-refractivity contribution in [1.29, 1.82) is 0 Å². The highest BCUT2D eigenvalue weighted by Gasteiger charge is 2.33. The van der Waals surface area contributed by atoms with Crippen molar-refractivity contribution in [2.24, 2.45) is 4.99 Å². The van der Waals surface area contributed by atoms with Crippen LogP contribution in [0.15, 0.2) is 108 Å². The number of carbonyl (C=O) groups is 1. The molecule has 0 fully saturated rings. The number of nitro benzene ring substituents is 1. The molecule has 10 heteroatoms. The lowest BCUT2D eigenvalue weighted by molar-refractivity contribution is -0.385. The highest BCUT2D eigenvalue weighted by Crippen LogP contribution is 2.38. The van der Waals surface area contributed by atoms with Crippen molar-refractivity contribution in [3.63, 3.8) is 0 Å². The molecular formula is C29H17F3N2O5.